The van der Waals surface area contributed by atoms with Crippen LogP contribution in [-0.2, 0) is 29.4 Å². The Bertz CT molecular complexity index is 3590. The van der Waals surface area contributed by atoms with E-state index >= 15 is 0 Å². The number of nitrogens with zero attached hydrogens (tertiary/aromatic N) is 5. The highest BCUT2D eigenvalue weighted by Crippen LogP contribution is 2.77. The lowest BCUT2D eigenvalue weighted by molar-refractivity contribution is -0.167. The van der Waals surface area contributed by atoms with Gasteiger partial charge in [0.25, 0.3) is 37.6 Å². The van der Waals surface area contributed by atoms with Crippen LogP contribution in [0.2, 0.25) is 0 Å². The number of unbranched alkanes of at least 4 members (excludes halogenated alkanes) is 1. The summed E-state index contributed by atoms with van der Waals surface area (Å²) < 4.78 is 99.9. The van der Waals surface area contributed by atoms with Crippen molar-refractivity contribution in [3.63, 3.8) is 0 Å². The fourth-order valence-electron chi connectivity index (χ4n) is 14.4. The first-order valence-electron chi connectivity index (χ1n) is 30.6. The van der Waals surface area contributed by atoms with Gasteiger partial charge in [0.05, 0.1) is 21.7 Å². The Hall–Kier alpha value is -6.31. The number of piperidine rings is 1. The molecule has 3 saturated carbocycles. The second kappa shape index (κ2) is 25.2. The van der Waals surface area contributed by atoms with E-state index in [2.05, 4.69) is 56.3 Å². The van der Waals surface area contributed by atoms with Gasteiger partial charge in [-0.2, -0.15) is 13.2 Å². The molecule has 24 heteroatoms. The van der Waals surface area contributed by atoms with E-state index in [0.717, 1.165) is 99.2 Å². The zero-order valence-corrected chi connectivity index (χ0v) is 52.5. The Morgan fingerprint density at radius 2 is 1.44 bits per heavy atom. The number of amides is 5. The maximum absolute atomic E-state index is 14.5. The standard InChI is InChI=1S/C64H78F3N9O9S3/c1-61(2)24-22-44(50(37-61)63-40-62(3,41-63)42-63)38-74-32-34-75(35-33-74)46-16-14-43(15-17-46)57(78)71-88(84,85)48-18-19-51(54(36-48)87(82,83)64(65,66)67)69-45(39-86-47-10-5-4-6-11-47)23-27-73-30-28-72(29-31-73)26-8-7-25-68-52-13-9-12-49-56(52)60(81)76(59(49)80)53-20-21-55(77)70-58(53)79/h4-6,9-19,36,45,53,68-69H,7-8,20-35,37-42H2,1-3H3,(H,71,78)(H,70,77,79)/t45-,53?,62?,63?/m1/s1. The number of allylic oxidation sites excluding steroid dienone is 1. The van der Waals surface area contributed by atoms with Crippen molar-refractivity contribution in [1.29, 1.82) is 0 Å². The number of sulfonamides is 1. The number of carbonyl (C=O) groups is 5. The third-order valence-corrected chi connectivity index (χ3v) is 23.0. The molecule has 0 spiro atoms. The van der Waals surface area contributed by atoms with Gasteiger partial charge < -0.3 is 25.3 Å². The van der Waals surface area contributed by atoms with Crippen LogP contribution in [0.4, 0.5) is 30.2 Å². The molecule has 4 heterocycles. The topological polar surface area (TPSA) is 218 Å². The number of thioether (sulfide) groups is 1. The molecule has 88 heavy (non-hydrogen) atoms. The number of sulfone groups is 1. The van der Waals surface area contributed by atoms with Gasteiger partial charge in [-0.15, -0.1) is 11.8 Å². The van der Waals surface area contributed by atoms with Crippen molar-refractivity contribution < 1.29 is 54.0 Å². The minimum absolute atomic E-state index is 0.00380. The summed E-state index contributed by atoms with van der Waals surface area (Å²) in [4.78, 5) is 73.6. The summed E-state index contributed by atoms with van der Waals surface area (Å²) in [5.41, 5.74) is 0.209. The van der Waals surface area contributed by atoms with Gasteiger partial charge in [-0.1, -0.05) is 56.2 Å². The molecule has 472 valence electrons. The highest BCUT2D eigenvalue weighted by molar-refractivity contribution is 7.99. The molecule has 12 rings (SSSR count). The molecular formula is C64H78F3N9O9S3. The van der Waals surface area contributed by atoms with Crippen molar-refractivity contribution in [3.05, 3.63) is 119 Å². The van der Waals surface area contributed by atoms with Gasteiger partial charge in [0, 0.05) is 112 Å². The molecule has 8 aliphatic rings. The number of fused-ring (bicyclic) bond motifs is 1. The number of nitrogens with one attached hydrogen (secondary N) is 4. The van der Waals surface area contributed by atoms with Crippen molar-refractivity contribution in [2.75, 3.05) is 99.8 Å². The quantitative estimate of drug-likeness (QED) is 0.0236. The van der Waals surface area contributed by atoms with Gasteiger partial charge in [0.1, 0.15) is 10.9 Å². The number of benzene rings is 4. The summed E-state index contributed by atoms with van der Waals surface area (Å²) in [7, 11) is -11.0. The Labute approximate surface area is 517 Å². The Morgan fingerprint density at radius 1 is 0.761 bits per heavy atom. The molecule has 4 aromatic rings. The first-order valence-corrected chi connectivity index (χ1v) is 34.5. The van der Waals surface area contributed by atoms with E-state index in [1.807, 2.05) is 35.1 Å². The van der Waals surface area contributed by atoms with Gasteiger partial charge in [0.2, 0.25) is 11.8 Å². The number of alkyl halides is 3. The second-order valence-electron chi connectivity index (χ2n) is 26.1. The second-order valence-corrected chi connectivity index (χ2v) is 30.8. The fourth-order valence-corrected chi connectivity index (χ4v) is 17.4. The van der Waals surface area contributed by atoms with Crippen LogP contribution in [-0.4, -0.2) is 168 Å². The van der Waals surface area contributed by atoms with Gasteiger partial charge in [0.15, 0.2) is 0 Å². The molecule has 1 unspecified atom stereocenters. The number of anilines is 3. The monoisotopic (exact) mass is 1270 g/mol. The van der Waals surface area contributed by atoms with Gasteiger partial charge >= 0.3 is 5.51 Å². The predicted molar refractivity (Wildman–Crippen MR) is 331 cm³/mol. The molecule has 2 atom stereocenters. The van der Waals surface area contributed by atoms with Crippen LogP contribution in [0, 0.1) is 16.2 Å². The van der Waals surface area contributed by atoms with Crippen LogP contribution in [0.3, 0.4) is 0 Å². The minimum atomic E-state index is -6.13. The molecule has 4 aliphatic heterocycles. The van der Waals surface area contributed by atoms with Crippen molar-refractivity contribution >= 4 is 78.2 Å². The summed E-state index contributed by atoms with van der Waals surface area (Å²) in [5, 5.41) is 8.55. The number of imide groups is 2. The summed E-state index contributed by atoms with van der Waals surface area (Å²) >= 11 is 1.43. The SMILES string of the molecule is CC1(C)CCC(CN2CCN(c3ccc(C(=O)NS(=O)(=O)c4ccc(N[C@H](CCN5CCN(CCCCNc6cccc7c6C(=O)N(C6CCC(=O)NC6=O)C7=O)CC5)CSc5ccccc5)c(S(=O)(=O)C(F)(F)F)c4)cc3)CC2)=C(C23CC(C)(C2)C3)C1. The lowest BCUT2D eigenvalue weighted by Gasteiger charge is -2.72. The molecule has 2 bridgehead atoms. The Morgan fingerprint density at radius 3 is 2.11 bits per heavy atom. The Balaban J connectivity index is 0.678. The average Bonchev–Trinajstić information content (AvgIpc) is 0.839. The molecule has 6 fully saturated rings. The van der Waals surface area contributed by atoms with E-state index in [9.17, 15) is 54.0 Å². The van der Waals surface area contributed by atoms with Crippen molar-refractivity contribution in [2.24, 2.45) is 16.2 Å². The minimum Gasteiger partial charge on any atom is -0.384 e. The number of hydrogen-bond acceptors (Lipinski definition) is 16. The first kappa shape index (κ1) is 63.3. The lowest BCUT2D eigenvalue weighted by Crippen LogP contribution is -2.61. The van der Waals surface area contributed by atoms with Crippen molar-refractivity contribution in [3.8, 4) is 0 Å². The smallest absolute Gasteiger partial charge is 0.384 e. The zero-order chi connectivity index (χ0) is 62.4. The third kappa shape index (κ3) is 13.6. The van der Waals surface area contributed by atoms with Crippen molar-refractivity contribution in [1.82, 2.24) is 29.6 Å². The number of carbonyl (C=O) groups excluding carboxylic acids is 5. The Kier molecular flexibility index (Phi) is 18.1. The maximum atomic E-state index is 14.5. The molecule has 0 aromatic heterocycles. The first-order chi connectivity index (χ1) is 41.8. The molecule has 4 aliphatic carbocycles. The normalized spacial score (nSPS) is 23.9. The van der Waals surface area contributed by atoms with Crippen molar-refractivity contribution in [2.45, 2.75) is 124 Å². The predicted octanol–water partition coefficient (Wildman–Crippen LogP) is 8.79. The van der Waals surface area contributed by atoms with Gasteiger partial charge in [-0.25, -0.2) is 21.6 Å². The summed E-state index contributed by atoms with van der Waals surface area (Å²) in [6.45, 7) is 16.2. The highest BCUT2D eigenvalue weighted by atomic mass is 32.2. The maximum Gasteiger partial charge on any atom is 0.501 e. The van der Waals surface area contributed by atoms with Crippen LogP contribution < -0.4 is 25.6 Å². The number of piperazine rings is 2. The average molecular weight is 1270 g/mol. The summed E-state index contributed by atoms with van der Waals surface area (Å²) in [6, 6.07) is 21.6. The molecular weight excluding hydrogens is 1190 g/mol. The molecule has 3 saturated heterocycles. The molecule has 0 radical (unpaired) electrons. The fraction of sp³-hybridized carbons (Fsp3) is 0.516. The summed E-state index contributed by atoms with van der Waals surface area (Å²) in [6.07, 6.45) is 9.56. The van der Waals surface area contributed by atoms with Crippen LogP contribution in [0.1, 0.15) is 122 Å². The van der Waals surface area contributed by atoms with E-state index in [-0.39, 0.29) is 29.5 Å². The number of hydrogen-bond donors (Lipinski definition) is 4. The van der Waals surface area contributed by atoms with Crippen LogP contribution in [0.5, 0.6) is 0 Å². The zero-order valence-electron chi connectivity index (χ0n) is 50.1. The van der Waals surface area contributed by atoms with E-state index in [1.165, 1.54) is 56.0 Å². The van der Waals surface area contributed by atoms with E-state index in [4.69, 9.17) is 0 Å². The third-order valence-electron chi connectivity index (χ3n) is 19.0. The van der Waals surface area contributed by atoms with E-state index < -0.39 is 82.5 Å². The van der Waals surface area contributed by atoms with Crippen LogP contribution in [0.25, 0.3) is 0 Å². The number of halogens is 3. The lowest BCUT2D eigenvalue weighted by atomic mass is 9.33. The van der Waals surface area contributed by atoms with E-state index in [1.54, 1.807) is 41.5 Å². The summed E-state index contributed by atoms with van der Waals surface area (Å²) in [5.74, 6) is -2.98. The van der Waals surface area contributed by atoms with Crippen LogP contribution >= 0.6 is 11.8 Å². The molecule has 5 amide bonds. The van der Waals surface area contributed by atoms with Gasteiger partial charge in [-0.3, -0.25) is 39.1 Å². The highest BCUT2D eigenvalue weighted by Gasteiger charge is 2.67. The van der Waals surface area contributed by atoms with Crippen LogP contribution in [0.15, 0.2) is 117 Å². The molecule has 18 nitrogen and oxygen atoms in total. The van der Waals surface area contributed by atoms with E-state index in [0.29, 0.717) is 66.4 Å². The van der Waals surface area contributed by atoms with Gasteiger partial charge in [-0.05, 0) is 154 Å². The number of rotatable bonds is 23. The molecule has 4 aromatic carbocycles. The molecule has 4 N–H and O–H groups in total. The largest absolute Gasteiger partial charge is 0.501 e.